The smallest absolute Gasteiger partial charge is 0.0943 e. The second kappa shape index (κ2) is 12.1. The summed E-state index contributed by atoms with van der Waals surface area (Å²) in [4.78, 5) is 0. The van der Waals surface area contributed by atoms with Gasteiger partial charge in [0.15, 0.2) is 0 Å². The molecule has 4 rings (SSSR count). The van der Waals surface area contributed by atoms with Gasteiger partial charge in [0.25, 0.3) is 0 Å². The third kappa shape index (κ3) is 5.64. The zero-order chi connectivity index (χ0) is 24.2. The predicted molar refractivity (Wildman–Crippen MR) is 161 cm³/mol. The number of hydrogen-bond donors (Lipinski definition) is 1. The van der Waals surface area contributed by atoms with Crippen molar-refractivity contribution in [2.45, 2.75) is 146 Å². The van der Waals surface area contributed by atoms with Crippen molar-refractivity contribution in [3.8, 4) is 0 Å². The zero-order valence-corrected chi connectivity index (χ0v) is 25.2. The van der Waals surface area contributed by atoms with Crippen LogP contribution < -0.4 is 0 Å². The first-order chi connectivity index (χ1) is 16.4. The van der Waals surface area contributed by atoms with E-state index in [-0.39, 0.29) is 0 Å². The minimum atomic E-state index is -0.661. The van der Waals surface area contributed by atoms with Crippen LogP contribution in [0.3, 0.4) is 0 Å². The molecule has 0 amide bonds. The van der Waals surface area contributed by atoms with Gasteiger partial charge in [0.05, 0.1) is 5.60 Å². The molecule has 0 aliphatic carbocycles. The molecule has 0 radical (unpaired) electrons. The Morgan fingerprint density at radius 2 is 1.74 bits per heavy atom. The van der Waals surface area contributed by atoms with Gasteiger partial charge in [0.1, 0.15) is 0 Å². The predicted octanol–water partition coefficient (Wildman–Crippen LogP) is 8.90. The summed E-state index contributed by atoms with van der Waals surface area (Å²) >= 11 is 9.20. The molecule has 0 saturated carbocycles. The second-order valence-electron chi connectivity index (χ2n) is 11.0. The molecule has 3 saturated heterocycles. The van der Waals surface area contributed by atoms with E-state index in [1.165, 1.54) is 63.5 Å². The number of hydrogen-bond acceptors (Lipinski definition) is 5. The van der Waals surface area contributed by atoms with Crippen molar-refractivity contribution in [3.05, 3.63) is 24.3 Å². The van der Waals surface area contributed by atoms with Crippen LogP contribution in [0, 0.1) is 0 Å². The van der Waals surface area contributed by atoms with Gasteiger partial charge in [-0.05, 0) is 70.0 Å². The maximum Gasteiger partial charge on any atom is 0.0943 e. The Kier molecular flexibility index (Phi) is 9.94. The van der Waals surface area contributed by atoms with Crippen LogP contribution in [0.25, 0.3) is 0 Å². The number of allylic oxidation sites excluding steroid dienone is 2. The third-order valence-corrected chi connectivity index (χ3v) is 17.0. The Labute approximate surface area is 227 Å². The standard InChI is InChI=1S/C29H48OS4/c1-5-9-10-11-12-15-24-27(30,6-2)18-17-22-23(32-24)20-26-29(8-4,34-22)21-28(7-3)25(33-26)16-13-14-19-31-28/h10-11,17-18,22-26,30H,5-9,12-16,19-21H2,1-4H3. The molecule has 0 bridgehead atoms. The van der Waals surface area contributed by atoms with Crippen LogP contribution in [0.5, 0.6) is 0 Å². The van der Waals surface area contributed by atoms with Crippen LogP contribution >= 0.6 is 47.0 Å². The molecule has 0 spiro atoms. The second-order valence-corrected chi connectivity index (χ2v) is 17.0. The highest BCUT2D eigenvalue weighted by Crippen LogP contribution is 2.65. The van der Waals surface area contributed by atoms with Gasteiger partial charge >= 0.3 is 0 Å². The average Bonchev–Trinajstić information content (AvgIpc) is 3.13. The van der Waals surface area contributed by atoms with Crippen LogP contribution in [-0.2, 0) is 0 Å². The lowest BCUT2D eigenvalue weighted by molar-refractivity contribution is 0.0821. The molecule has 0 aromatic heterocycles. The molecule has 0 aromatic carbocycles. The topological polar surface area (TPSA) is 20.2 Å². The zero-order valence-electron chi connectivity index (χ0n) is 22.0. The largest absolute Gasteiger partial charge is 0.385 e. The molecule has 1 nitrogen and oxygen atoms in total. The van der Waals surface area contributed by atoms with Crippen LogP contribution in [0.4, 0.5) is 0 Å². The Morgan fingerprint density at radius 1 is 0.941 bits per heavy atom. The maximum atomic E-state index is 11.7. The Morgan fingerprint density at radius 3 is 2.47 bits per heavy atom. The van der Waals surface area contributed by atoms with Gasteiger partial charge in [-0.25, -0.2) is 0 Å². The molecular formula is C29H48OS4. The van der Waals surface area contributed by atoms with Gasteiger partial charge in [-0.15, -0.1) is 11.8 Å². The number of thioether (sulfide) groups is 4. The monoisotopic (exact) mass is 540 g/mol. The average molecular weight is 541 g/mol. The van der Waals surface area contributed by atoms with E-state index in [1.807, 2.05) is 0 Å². The molecule has 4 aliphatic heterocycles. The molecule has 8 atom stereocenters. The van der Waals surface area contributed by atoms with Crippen LogP contribution in [0.2, 0.25) is 0 Å². The third-order valence-electron chi connectivity index (χ3n) is 8.99. The Bertz CT molecular complexity index is 725. The fraction of sp³-hybridized carbons (Fsp3) is 0.862. The first-order valence-corrected chi connectivity index (χ1v) is 17.9. The molecule has 34 heavy (non-hydrogen) atoms. The van der Waals surface area contributed by atoms with Crippen molar-refractivity contribution in [2.75, 3.05) is 5.75 Å². The molecule has 8 unspecified atom stereocenters. The Balaban J connectivity index is 1.55. The minimum Gasteiger partial charge on any atom is -0.385 e. The van der Waals surface area contributed by atoms with E-state index in [0.717, 1.165) is 29.8 Å². The summed E-state index contributed by atoms with van der Waals surface area (Å²) < 4.78 is 0.875. The van der Waals surface area contributed by atoms with Gasteiger partial charge < -0.3 is 5.11 Å². The molecule has 0 aromatic rings. The number of fused-ring (bicyclic) bond motifs is 3. The Hall–Kier alpha value is 0.840. The lowest BCUT2D eigenvalue weighted by Crippen LogP contribution is -2.58. The van der Waals surface area contributed by atoms with Crippen molar-refractivity contribution < 1.29 is 5.11 Å². The number of aliphatic hydroxyl groups is 1. The molecule has 4 heterocycles. The fourth-order valence-corrected chi connectivity index (χ4v) is 15.0. The summed E-state index contributed by atoms with van der Waals surface area (Å²) in [6.07, 6.45) is 24.4. The lowest BCUT2D eigenvalue weighted by Gasteiger charge is -2.58. The fourth-order valence-electron chi connectivity index (χ4n) is 6.64. The maximum absolute atomic E-state index is 11.7. The summed E-state index contributed by atoms with van der Waals surface area (Å²) in [7, 11) is 0. The highest BCUT2D eigenvalue weighted by molar-refractivity contribution is 8.08. The highest BCUT2D eigenvalue weighted by Gasteiger charge is 2.58. The van der Waals surface area contributed by atoms with Gasteiger partial charge in [-0.2, -0.15) is 35.3 Å². The molecule has 1 N–H and O–H groups in total. The van der Waals surface area contributed by atoms with Gasteiger partial charge in [0, 0.05) is 35.7 Å². The van der Waals surface area contributed by atoms with E-state index in [1.54, 1.807) is 0 Å². The van der Waals surface area contributed by atoms with E-state index in [0.29, 0.717) is 25.2 Å². The van der Waals surface area contributed by atoms with Crippen molar-refractivity contribution >= 4 is 47.0 Å². The van der Waals surface area contributed by atoms with E-state index >= 15 is 0 Å². The van der Waals surface area contributed by atoms with E-state index < -0.39 is 5.60 Å². The molecule has 4 aliphatic rings. The van der Waals surface area contributed by atoms with Crippen molar-refractivity contribution in [2.24, 2.45) is 0 Å². The minimum absolute atomic E-state index is 0.307. The lowest BCUT2D eigenvalue weighted by atomic mass is 9.81. The van der Waals surface area contributed by atoms with Crippen LogP contribution in [0.1, 0.15) is 105 Å². The van der Waals surface area contributed by atoms with E-state index in [4.69, 9.17) is 0 Å². The molecule has 5 heteroatoms. The van der Waals surface area contributed by atoms with Crippen molar-refractivity contribution in [1.29, 1.82) is 0 Å². The van der Waals surface area contributed by atoms with Gasteiger partial charge in [-0.3, -0.25) is 0 Å². The highest BCUT2D eigenvalue weighted by atomic mass is 32.2. The summed E-state index contributed by atoms with van der Waals surface area (Å²) in [5, 5.41) is 14.8. The molecular weight excluding hydrogens is 493 g/mol. The van der Waals surface area contributed by atoms with Crippen LogP contribution in [0.15, 0.2) is 24.3 Å². The van der Waals surface area contributed by atoms with Gasteiger partial charge in [0.2, 0.25) is 0 Å². The quantitative estimate of drug-likeness (QED) is 0.309. The summed E-state index contributed by atoms with van der Waals surface area (Å²) in [6.45, 7) is 9.35. The van der Waals surface area contributed by atoms with E-state index in [9.17, 15) is 5.11 Å². The molecule has 3 fully saturated rings. The van der Waals surface area contributed by atoms with Crippen molar-refractivity contribution in [3.63, 3.8) is 0 Å². The number of unbranched alkanes of at least 4 members (excludes halogenated alkanes) is 1. The van der Waals surface area contributed by atoms with E-state index in [2.05, 4.69) is 99.0 Å². The summed E-state index contributed by atoms with van der Waals surface area (Å²) in [6, 6.07) is 0. The summed E-state index contributed by atoms with van der Waals surface area (Å²) in [5.41, 5.74) is -0.661. The van der Waals surface area contributed by atoms with Crippen LogP contribution in [-0.4, -0.2) is 52.2 Å². The molecule has 194 valence electrons. The first-order valence-electron chi connectivity index (χ1n) is 14.1. The normalized spacial score (nSPS) is 44.7. The SMILES string of the molecule is CCCC=CCCC1SC2CC3SC4CCCCSC4(CC)CC3(CC)SC2C=CC1(O)CC. The van der Waals surface area contributed by atoms with Crippen molar-refractivity contribution in [1.82, 2.24) is 0 Å². The van der Waals surface area contributed by atoms with Gasteiger partial charge in [-0.1, -0.05) is 64.8 Å². The first kappa shape index (κ1) is 27.9. The number of rotatable bonds is 8. The summed E-state index contributed by atoms with van der Waals surface area (Å²) in [5.74, 6) is 1.36.